The Morgan fingerprint density at radius 2 is 2.00 bits per heavy atom. The predicted octanol–water partition coefficient (Wildman–Crippen LogP) is 1.30. The fourth-order valence-electron chi connectivity index (χ4n) is 3.63. The van der Waals surface area contributed by atoms with Gasteiger partial charge in [-0.1, -0.05) is 18.2 Å². The van der Waals surface area contributed by atoms with Crippen molar-refractivity contribution >= 4 is 22.7 Å². The van der Waals surface area contributed by atoms with Crippen molar-refractivity contribution in [2.75, 3.05) is 19.6 Å². The van der Waals surface area contributed by atoms with Crippen molar-refractivity contribution in [2.24, 2.45) is 7.05 Å². The summed E-state index contributed by atoms with van der Waals surface area (Å²) in [6, 6.07) is 13.0. The summed E-state index contributed by atoms with van der Waals surface area (Å²) in [5, 5.41) is 7.17. The molecule has 1 atom stereocenters. The molecule has 2 amide bonds. The third kappa shape index (κ3) is 3.48. The summed E-state index contributed by atoms with van der Waals surface area (Å²) in [6.45, 7) is 2.02. The number of fused-ring (bicyclic) bond motifs is 1. The number of aryl methyl sites for hydroxylation is 1. The number of benzene rings is 1. The van der Waals surface area contributed by atoms with E-state index in [9.17, 15) is 9.59 Å². The highest BCUT2D eigenvalue weighted by Crippen LogP contribution is 2.21. The molecular formula is C21H23N5O2. The molecule has 2 N–H and O–H groups in total. The summed E-state index contributed by atoms with van der Waals surface area (Å²) in [5.41, 5.74) is 2.56. The average Bonchev–Trinajstić information content (AvgIpc) is 3.09. The third-order valence-electron chi connectivity index (χ3n) is 5.19. The zero-order valence-electron chi connectivity index (χ0n) is 15.8. The second kappa shape index (κ2) is 7.82. The number of hydrogen-bond acceptors (Lipinski definition) is 4. The first-order chi connectivity index (χ1) is 13.6. The topological polar surface area (TPSA) is 79.3 Å². The predicted molar refractivity (Wildman–Crippen MR) is 107 cm³/mol. The van der Waals surface area contributed by atoms with Crippen LogP contribution < -0.4 is 10.6 Å². The number of para-hydroxylation sites is 1. The number of amides is 2. The summed E-state index contributed by atoms with van der Waals surface area (Å²) in [7, 11) is 1.89. The van der Waals surface area contributed by atoms with E-state index in [4.69, 9.17) is 0 Å². The van der Waals surface area contributed by atoms with Gasteiger partial charge in [0.2, 0.25) is 5.91 Å². The van der Waals surface area contributed by atoms with Crippen LogP contribution in [0.3, 0.4) is 0 Å². The van der Waals surface area contributed by atoms with Gasteiger partial charge in [0.05, 0.1) is 0 Å². The molecule has 0 saturated carbocycles. The van der Waals surface area contributed by atoms with E-state index >= 15 is 0 Å². The molecule has 0 radical (unpaired) electrons. The summed E-state index contributed by atoms with van der Waals surface area (Å²) < 4.78 is 1.89. The number of nitrogens with zero attached hydrogens (tertiary/aromatic N) is 3. The molecule has 0 spiro atoms. The molecule has 0 unspecified atom stereocenters. The van der Waals surface area contributed by atoms with Gasteiger partial charge in [-0.3, -0.25) is 14.6 Å². The second-order valence-corrected chi connectivity index (χ2v) is 6.94. The van der Waals surface area contributed by atoms with E-state index in [1.807, 2.05) is 54.1 Å². The first-order valence-corrected chi connectivity index (χ1v) is 9.38. The Morgan fingerprint density at radius 3 is 2.79 bits per heavy atom. The van der Waals surface area contributed by atoms with Gasteiger partial charge in [-0.2, -0.15) is 0 Å². The summed E-state index contributed by atoms with van der Waals surface area (Å²) in [5.74, 6) is -0.277. The Labute approximate surface area is 163 Å². The summed E-state index contributed by atoms with van der Waals surface area (Å²) in [4.78, 5) is 31.7. The van der Waals surface area contributed by atoms with Gasteiger partial charge in [0.15, 0.2) is 0 Å². The Hall–Kier alpha value is -3.19. The minimum absolute atomic E-state index is 0.121. The number of rotatable bonds is 4. The second-order valence-electron chi connectivity index (χ2n) is 6.94. The molecule has 7 heteroatoms. The van der Waals surface area contributed by atoms with E-state index < -0.39 is 6.04 Å². The maximum atomic E-state index is 13.3. The number of hydrogen-bond donors (Lipinski definition) is 2. The third-order valence-corrected chi connectivity index (χ3v) is 5.19. The van der Waals surface area contributed by atoms with Crippen molar-refractivity contribution in [3.8, 4) is 0 Å². The van der Waals surface area contributed by atoms with E-state index in [-0.39, 0.29) is 11.8 Å². The van der Waals surface area contributed by atoms with E-state index in [0.717, 1.165) is 16.5 Å². The smallest absolute Gasteiger partial charge is 0.271 e. The molecule has 0 bridgehead atoms. The van der Waals surface area contributed by atoms with Crippen LogP contribution in [0, 0.1) is 0 Å². The van der Waals surface area contributed by atoms with Gasteiger partial charge < -0.3 is 20.1 Å². The van der Waals surface area contributed by atoms with Gasteiger partial charge in [0, 0.05) is 56.5 Å². The van der Waals surface area contributed by atoms with Crippen LogP contribution in [0.2, 0.25) is 0 Å². The van der Waals surface area contributed by atoms with Crippen LogP contribution in [-0.2, 0) is 18.4 Å². The maximum absolute atomic E-state index is 13.3. The van der Waals surface area contributed by atoms with Crippen molar-refractivity contribution in [1.82, 2.24) is 25.1 Å². The van der Waals surface area contributed by atoms with E-state index in [0.29, 0.717) is 31.9 Å². The molecule has 144 valence electrons. The number of carbonyl (C=O) groups is 2. The fourth-order valence-corrected chi connectivity index (χ4v) is 3.63. The lowest BCUT2D eigenvalue weighted by Gasteiger charge is -2.35. The van der Waals surface area contributed by atoms with Gasteiger partial charge >= 0.3 is 0 Å². The lowest BCUT2D eigenvalue weighted by Crippen LogP contribution is -2.59. The van der Waals surface area contributed by atoms with Gasteiger partial charge in [0.1, 0.15) is 11.7 Å². The van der Waals surface area contributed by atoms with Gasteiger partial charge in [0.25, 0.3) is 5.91 Å². The van der Waals surface area contributed by atoms with Crippen LogP contribution in [0.25, 0.3) is 10.9 Å². The monoisotopic (exact) mass is 377 g/mol. The highest BCUT2D eigenvalue weighted by Gasteiger charge is 2.33. The van der Waals surface area contributed by atoms with Crippen molar-refractivity contribution in [3.63, 3.8) is 0 Å². The van der Waals surface area contributed by atoms with Crippen LogP contribution in [0.4, 0.5) is 0 Å². The molecule has 1 aromatic carbocycles. The maximum Gasteiger partial charge on any atom is 0.271 e. The zero-order valence-corrected chi connectivity index (χ0v) is 15.8. The number of nitrogens with one attached hydrogen (secondary N) is 2. The lowest BCUT2D eigenvalue weighted by atomic mass is 10.1. The first-order valence-electron chi connectivity index (χ1n) is 9.38. The Kier molecular flexibility index (Phi) is 5.08. The number of aromatic nitrogens is 2. The van der Waals surface area contributed by atoms with Crippen molar-refractivity contribution in [1.29, 1.82) is 0 Å². The number of pyridine rings is 1. The molecule has 2 aromatic heterocycles. The van der Waals surface area contributed by atoms with E-state index in [1.54, 1.807) is 17.3 Å². The molecule has 1 saturated heterocycles. The number of carbonyl (C=O) groups excluding carboxylic acids is 2. The molecule has 3 heterocycles. The molecular weight excluding hydrogens is 354 g/mol. The molecule has 0 aliphatic carbocycles. The molecule has 1 aliphatic rings. The fraction of sp³-hybridized carbons (Fsp3) is 0.286. The summed E-state index contributed by atoms with van der Waals surface area (Å²) in [6.07, 6.45) is 3.39. The minimum Gasteiger partial charge on any atom is -0.350 e. The van der Waals surface area contributed by atoms with Crippen molar-refractivity contribution < 1.29 is 9.59 Å². The standard InChI is InChI=1S/C21H23N5O2/c1-25-17-5-3-2-4-16(17)12-18(25)21(28)26-11-10-23-14-19(26)20(27)24-13-15-6-8-22-9-7-15/h2-9,12,19,23H,10-11,13-14H2,1H3,(H,24,27)/t19-/m0/s1. The first kappa shape index (κ1) is 18.2. The normalized spacial score (nSPS) is 16.9. The van der Waals surface area contributed by atoms with Crippen LogP contribution in [0.1, 0.15) is 16.1 Å². The zero-order chi connectivity index (χ0) is 19.5. The van der Waals surface area contributed by atoms with Crippen LogP contribution in [-0.4, -0.2) is 51.9 Å². The molecule has 1 aliphatic heterocycles. The largest absolute Gasteiger partial charge is 0.350 e. The quantitative estimate of drug-likeness (QED) is 0.718. The van der Waals surface area contributed by atoms with Crippen molar-refractivity contribution in [3.05, 3.63) is 66.1 Å². The van der Waals surface area contributed by atoms with E-state index in [1.165, 1.54) is 0 Å². The molecule has 3 aromatic rings. The van der Waals surface area contributed by atoms with Gasteiger partial charge in [-0.15, -0.1) is 0 Å². The number of piperazine rings is 1. The highest BCUT2D eigenvalue weighted by atomic mass is 16.2. The van der Waals surface area contributed by atoms with Crippen LogP contribution in [0.5, 0.6) is 0 Å². The Morgan fingerprint density at radius 1 is 1.21 bits per heavy atom. The van der Waals surface area contributed by atoms with Gasteiger partial charge in [-0.05, 0) is 29.8 Å². The lowest BCUT2D eigenvalue weighted by molar-refractivity contribution is -0.126. The molecule has 28 heavy (non-hydrogen) atoms. The van der Waals surface area contributed by atoms with Crippen molar-refractivity contribution in [2.45, 2.75) is 12.6 Å². The molecule has 4 rings (SSSR count). The summed E-state index contributed by atoms with van der Waals surface area (Å²) >= 11 is 0. The molecule has 7 nitrogen and oxygen atoms in total. The van der Waals surface area contributed by atoms with Crippen LogP contribution >= 0.6 is 0 Å². The SMILES string of the molecule is Cn1c(C(=O)N2CCNC[C@H]2C(=O)NCc2ccncc2)cc2ccccc21. The Balaban J connectivity index is 1.53. The minimum atomic E-state index is -0.541. The van der Waals surface area contributed by atoms with Crippen LogP contribution in [0.15, 0.2) is 54.9 Å². The Bertz CT molecular complexity index is 998. The highest BCUT2D eigenvalue weighted by molar-refractivity contribution is 6.01. The van der Waals surface area contributed by atoms with E-state index in [2.05, 4.69) is 15.6 Å². The molecule has 1 fully saturated rings. The van der Waals surface area contributed by atoms with Gasteiger partial charge in [-0.25, -0.2) is 0 Å². The average molecular weight is 377 g/mol.